The Hall–Kier alpha value is -3.61. The molecule has 0 aliphatic carbocycles. The third-order valence-corrected chi connectivity index (χ3v) is 5.97. The van der Waals surface area contributed by atoms with Crippen molar-refractivity contribution in [3.05, 3.63) is 69.5 Å². The van der Waals surface area contributed by atoms with Gasteiger partial charge < -0.3 is 14.6 Å². The quantitative estimate of drug-likeness (QED) is 0.684. The number of para-hydroxylation sites is 1. The number of amides is 2. The van der Waals surface area contributed by atoms with Gasteiger partial charge in [-0.2, -0.15) is 0 Å². The Morgan fingerprint density at radius 1 is 1.17 bits per heavy atom. The molecular formula is C23H21N3O4. The molecule has 152 valence electrons. The Labute approximate surface area is 172 Å². The smallest absolute Gasteiger partial charge is 0.411 e. The van der Waals surface area contributed by atoms with Crippen LogP contribution in [0.3, 0.4) is 0 Å². The normalized spacial score (nSPS) is 17.2. The molecule has 0 radical (unpaired) electrons. The average Bonchev–Trinajstić information content (AvgIpc) is 2.75. The van der Waals surface area contributed by atoms with Crippen molar-refractivity contribution in [2.75, 3.05) is 17.7 Å². The Morgan fingerprint density at radius 2 is 2.03 bits per heavy atom. The van der Waals surface area contributed by atoms with Crippen molar-refractivity contribution in [3.63, 3.8) is 0 Å². The van der Waals surface area contributed by atoms with Crippen molar-refractivity contribution in [1.29, 1.82) is 0 Å². The molecule has 0 bridgehead atoms. The molecule has 5 rings (SSSR count). The Morgan fingerprint density at radius 3 is 2.87 bits per heavy atom. The largest absolute Gasteiger partial charge is 0.453 e. The van der Waals surface area contributed by atoms with Crippen molar-refractivity contribution in [1.82, 2.24) is 4.57 Å². The van der Waals surface area contributed by atoms with Crippen LogP contribution in [-0.2, 0) is 22.5 Å². The Kier molecular flexibility index (Phi) is 4.31. The molecule has 0 saturated heterocycles. The van der Waals surface area contributed by atoms with Crippen LogP contribution in [0.1, 0.15) is 35.4 Å². The van der Waals surface area contributed by atoms with E-state index in [2.05, 4.69) is 21.4 Å². The molecule has 2 amide bonds. The lowest BCUT2D eigenvalue weighted by molar-refractivity contribution is -0.116. The van der Waals surface area contributed by atoms with E-state index in [0.29, 0.717) is 11.4 Å². The van der Waals surface area contributed by atoms with Gasteiger partial charge in [0.15, 0.2) is 0 Å². The van der Waals surface area contributed by atoms with E-state index < -0.39 is 6.09 Å². The lowest BCUT2D eigenvalue weighted by Gasteiger charge is -2.29. The van der Waals surface area contributed by atoms with Crippen LogP contribution in [0.5, 0.6) is 0 Å². The van der Waals surface area contributed by atoms with E-state index in [9.17, 15) is 14.4 Å². The van der Waals surface area contributed by atoms with Gasteiger partial charge in [0.1, 0.15) is 0 Å². The number of ether oxygens (including phenoxy) is 1. The van der Waals surface area contributed by atoms with Gasteiger partial charge >= 0.3 is 6.09 Å². The highest BCUT2D eigenvalue weighted by molar-refractivity contribution is 5.98. The van der Waals surface area contributed by atoms with Crippen LogP contribution >= 0.6 is 0 Å². The molecule has 7 nitrogen and oxygen atoms in total. The fourth-order valence-corrected chi connectivity index (χ4v) is 4.67. The number of rotatable bonds is 2. The maximum atomic E-state index is 12.9. The second-order valence-corrected chi connectivity index (χ2v) is 7.73. The first-order chi connectivity index (χ1) is 14.5. The minimum atomic E-state index is -0.578. The van der Waals surface area contributed by atoms with Crippen LogP contribution in [0.15, 0.2) is 47.3 Å². The van der Waals surface area contributed by atoms with Crippen LogP contribution < -0.4 is 16.2 Å². The summed E-state index contributed by atoms with van der Waals surface area (Å²) in [4.78, 5) is 37.0. The second-order valence-electron chi connectivity index (χ2n) is 7.73. The van der Waals surface area contributed by atoms with Crippen LogP contribution in [0.25, 0.3) is 10.9 Å². The van der Waals surface area contributed by atoms with Crippen molar-refractivity contribution in [2.45, 2.75) is 31.7 Å². The first kappa shape index (κ1) is 18.4. The monoisotopic (exact) mass is 403 g/mol. The fourth-order valence-electron chi connectivity index (χ4n) is 4.67. The number of carbonyl (C=O) groups excluding carboxylic acids is 2. The first-order valence-electron chi connectivity index (χ1n) is 9.99. The summed E-state index contributed by atoms with van der Waals surface area (Å²) in [7, 11) is 1.29. The molecule has 2 aliphatic rings. The van der Waals surface area contributed by atoms with Gasteiger partial charge in [-0.3, -0.25) is 14.9 Å². The summed E-state index contributed by atoms with van der Waals surface area (Å²) in [6, 6.07) is 13.2. The summed E-state index contributed by atoms with van der Waals surface area (Å²) < 4.78 is 6.49. The molecule has 3 heterocycles. The molecule has 0 spiro atoms. The average molecular weight is 403 g/mol. The number of nitrogens with zero attached hydrogens (tertiary/aromatic N) is 1. The predicted molar refractivity (Wildman–Crippen MR) is 114 cm³/mol. The number of aromatic nitrogens is 1. The Balaban J connectivity index is 1.67. The van der Waals surface area contributed by atoms with Crippen LogP contribution in [-0.4, -0.2) is 23.7 Å². The number of aryl methyl sites for hydroxylation is 2. The summed E-state index contributed by atoms with van der Waals surface area (Å²) in [5, 5.41) is 6.52. The molecule has 2 N–H and O–H groups in total. The van der Waals surface area contributed by atoms with E-state index in [-0.39, 0.29) is 23.8 Å². The minimum Gasteiger partial charge on any atom is -0.453 e. The summed E-state index contributed by atoms with van der Waals surface area (Å²) in [6.45, 7) is 0.719. The summed E-state index contributed by atoms with van der Waals surface area (Å²) in [5.74, 6) is -0.358. The number of anilines is 2. The van der Waals surface area contributed by atoms with E-state index in [4.69, 9.17) is 0 Å². The summed E-state index contributed by atoms with van der Waals surface area (Å²) in [5.41, 5.74) is 5.09. The van der Waals surface area contributed by atoms with E-state index >= 15 is 0 Å². The summed E-state index contributed by atoms with van der Waals surface area (Å²) >= 11 is 0. The molecule has 1 atom stereocenters. The van der Waals surface area contributed by atoms with Crippen LogP contribution in [0.4, 0.5) is 16.2 Å². The predicted octanol–water partition coefficient (Wildman–Crippen LogP) is 3.60. The zero-order chi connectivity index (χ0) is 20.8. The highest BCUT2D eigenvalue weighted by Crippen LogP contribution is 2.41. The lowest BCUT2D eigenvalue weighted by Crippen LogP contribution is -2.28. The second kappa shape index (κ2) is 7.02. The molecule has 7 heteroatoms. The van der Waals surface area contributed by atoms with E-state index in [1.165, 1.54) is 12.7 Å². The highest BCUT2D eigenvalue weighted by Gasteiger charge is 2.29. The third kappa shape index (κ3) is 2.94. The van der Waals surface area contributed by atoms with E-state index in [1.54, 1.807) is 18.2 Å². The molecule has 2 aliphatic heterocycles. The topological polar surface area (TPSA) is 89.4 Å². The highest BCUT2D eigenvalue weighted by atomic mass is 16.5. The zero-order valence-electron chi connectivity index (χ0n) is 16.5. The van der Waals surface area contributed by atoms with Crippen molar-refractivity contribution >= 4 is 34.3 Å². The molecule has 0 fully saturated rings. The molecule has 1 unspecified atom stereocenters. The number of pyridine rings is 1. The molecular weight excluding hydrogens is 382 g/mol. The van der Waals surface area contributed by atoms with Crippen LogP contribution in [0, 0.1) is 0 Å². The van der Waals surface area contributed by atoms with Crippen molar-refractivity contribution < 1.29 is 14.3 Å². The maximum Gasteiger partial charge on any atom is 0.411 e. The number of methoxy groups -OCH3 is 1. The van der Waals surface area contributed by atoms with Gasteiger partial charge in [0.2, 0.25) is 5.91 Å². The number of fused-ring (bicyclic) bond motifs is 1. The van der Waals surface area contributed by atoms with Gasteiger partial charge in [0.05, 0.1) is 12.6 Å². The minimum absolute atomic E-state index is 0.0267. The van der Waals surface area contributed by atoms with Gasteiger partial charge in [-0.25, -0.2) is 4.79 Å². The van der Waals surface area contributed by atoms with Crippen LogP contribution in [0.2, 0.25) is 0 Å². The van der Waals surface area contributed by atoms with E-state index in [1.807, 2.05) is 22.8 Å². The summed E-state index contributed by atoms with van der Waals surface area (Å²) in [6.07, 6.45) is 1.59. The number of hydrogen-bond donors (Lipinski definition) is 2. The fraction of sp³-hybridized carbons (Fsp3) is 0.261. The van der Waals surface area contributed by atoms with Gasteiger partial charge in [0.25, 0.3) is 5.56 Å². The Bertz CT molecular complexity index is 1260. The maximum absolute atomic E-state index is 12.9. The molecule has 1 aromatic heterocycles. The van der Waals surface area contributed by atoms with Crippen molar-refractivity contribution in [2.24, 2.45) is 0 Å². The van der Waals surface area contributed by atoms with Crippen molar-refractivity contribution in [3.8, 4) is 0 Å². The zero-order valence-corrected chi connectivity index (χ0v) is 16.5. The van der Waals surface area contributed by atoms with Gasteiger partial charge in [-0.15, -0.1) is 0 Å². The molecule has 2 aromatic carbocycles. The number of benzene rings is 2. The first-order valence-corrected chi connectivity index (χ1v) is 9.99. The van der Waals surface area contributed by atoms with E-state index in [0.717, 1.165) is 41.4 Å². The molecule has 0 saturated carbocycles. The SMILES string of the molecule is COC(=O)Nc1ccc2c(c1)NC(=O)CC2c1cc(=O)n2c3c(cccc13)CCC2. The van der Waals surface area contributed by atoms with Gasteiger partial charge in [-0.05, 0) is 41.7 Å². The standard InChI is InChI=1S/C23H21N3O4/c1-30-23(29)24-14-7-8-15-17(11-20(27)25-19(15)10-14)18-12-21(28)26-9-3-5-13-4-2-6-16(18)22(13)26/h2,4,6-8,10,12,17H,3,5,9,11H2,1H3,(H,24,29)(H,25,27). The third-order valence-electron chi connectivity index (χ3n) is 5.97. The molecule has 30 heavy (non-hydrogen) atoms. The lowest BCUT2D eigenvalue weighted by atomic mass is 9.82. The number of hydrogen-bond acceptors (Lipinski definition) is 4. The number of nitrogens with one attached hydrogen (secondary N) is 2. The van der Waals surface area contributed by atoms with Gasteiger partial charge in [-0.1, -0.05) is 24.3 Å². The van der Waals surface area contributed by atoms with Gasteiger partial charge in [0, 0.05) is 41.7 Å². The number of carbonyl (C=O) groups is 2. The molecule has 3 aromatic rings.